The molecule has 0 saturated heterocycles. The molecule has 0 aromatic heterocycles. The number of allylic oxidation sites excluding steroid dienone is 1. The SMILES string of the molecule is C=C(c1ccccc1F)C(C)N(C(=O)C(C(F)=NC)=C(N)C(F)F)C1CC1. The maximum Gasteiger partial charge on any atom is 0.278 e. The molecule has 0 aliphatic heterocycles. The van der Waals surface area contributed by atoms with Crippen LogP contribution in [0.25, 0.3) is 5.57 Å². The summed E-state index contributed by atoms with van der Waals surface area (Å²) in [7, 11) is 1.03. The second kappa shape index (κ2) is 8.37. The Morgan fingerprint density at radius 1 is 1.33 bits per heavy atom. The number of aliphatic imine (C=N–C) groups is 1. The minimum Gasteiger partial charge on any atom is -0.397 e. The quantitative estimate of drug-likeness (QED) is 0.444. The molecule has 146 valence electrons. The highest BCUT2D eigenvalue weighted by Crippen LogP contribution is 2.35. The van der Waals surface area contributed by atoms with Crippen LogP contribution in [0, 0.1) is 5.82 Å². The van der Waals surface area contributed by atoms with Crippen molar-refractivity contribution in [1.29, 1.82) is 0 Å². The zero-order valence-corrected chi connectivity index (χ0v) is 15.1. The summed E-state index contributed by atoms with van der Waals surface area (Å²) in [6, 6.07) is 4.83. The van der Waals surface area contributed by atoms with Crippen molar-refractivity contribution in [2.45, 2.75) is 38.3 Å². The highest BCUT2D eigenvalue weighted by Gasteiger charge is 2.40. The minimum atomic E-state index is -3.22. The number of nitrogens with two attached hydrogens (primary N) is 1. The van der Waals surface area contributed by atoms with Crippen LogP contribution in [0.1, 0.15) is 25.3 Å². The maximum atomic E-state index is 14.1. The molecule has 1 saturated carbocycles. The van der Waals surface area contributed by atoms with Gasteiger partial charge in [-0.3, -0.25) is 9.79 Å². The Kier molecular flexibility index (Phi) is 6.41. The molecule has 2 N–H and O–H groups in total. The van der Waals surface area contributed by atoms with Crippen molar-refractivity contribution >= 4 is 17.4 Å². The molecule has 1 aromatic carbocycles. The summed E-state index contributed by atoms with van der Waals surface area (Å²) in [4.78, 5) is 17.4. The summed E-state index contributed by atoms with van der Waals surface area (Å²) in [6.45, 7) is 5.44. The van der Waals surface area contributed by atoms with Gasteiger partial charge in [0, 0.05) is 18.7 Å². The highest BCUT2D eigenvalue weighted by atomic mass is 19.3. The summed E-state index contributed by atoms with van der Waals surface area (Å²) in [5.74, 6) is -2.91. The van der Waals surface area contributed by atoms with Gasteiger partial charge in [-0.1, -0.05) is 24.8 Å². The third kappa shape index (κ3) is 4.37. The number of carbonyl (C=O) groups is 1. The third-order valence-corrected chi connectivity index (χ3v) is 4.46. The second-order valence-electron chi connectivity index (χ2n) is 6.27. The lowest BCUT2D eigenvalue weighted by Crippen LogP contribution is -2.43. The molecule has 0 heterocycles. The third-order valence-electron chi connectivity index (χ3n) is 4.46. The molecule has 1 aliphatic rings. The zero-order valence-electron chi connectivity index (χ0n) is 15.1. The fraction of sp³-hybridized carbons (Fsp3) is 0.368. The van der Waals surface area contributed by atoms with Gasteiger partial charge < -0.3 is 10.6 Å². The lowest BCUT2D eigenvalue weighted by Gasteiger charge is -2.32. The van der Waals surface area contributed by atoms with E-state index in [1.54, 1.807) is 13.0 Å². The number of halogens is 4. The van der Waals surface area contributed by atoms with Crippen LogP contribution >= 0.6 is 0 Å². The Hall–Kier alpha value is -2.64. The summed E-state index contributed by atoms with van der Waals surface area (Å²) in [6.07, 6.45) is -1.98. The summed E-state index contributed by atoms with van der Waals surface area (Å²) >= 11 is 0. The molecule has 1 atom stereocenters. The number of nitrogens with zero attached hydrogens (tertiary/aromatic N) is 2. The molecule has 1 unspecified atom stereocenters. The molecule has 0 bridgehead atoms. The Labute approximate surface area is 155 Å². The van der Waals surface area contributed by atoms with Gasteiger partial charge in [-0.05, 0) is 31.4 Å². The van der Waals surface area contributed by atoms with E-state index in [2.05, 4.69) is 11.6 Å². The average molecular weight is 383 g/mol. The van der Waals surface area contributed by atoms with Crippen molar-refractivity contribution in [3.63, 3.8) is 0 Å². The fourth-order valence-electron chi connectivity index (χ4n) is 2.81. The molecule has 1 amide bonds. The number of alkyl halides is 2. The van der Waals surface area contributed by atoms with Crippen molar-refractivity contribution in [3.8, 4) is 0 Å². The van der Waals surface area contributed by atoms with Gasteiger partial charge in [-0.2, -0.15) is 4.39 Å². The number of amides is 1. The van der Waals surface area contributed by atoms with Gasteiger partial charge in [0.1, 0.15) is 11.4 Å². The number of hydrogen-bond acceptors (Lipinski definition) is 3. The normalized spacial score (nSPS) is 16.8. The van der Waals surface area contributed by atoms with Gasteiger partial charge in [0.25, 0.3) is 12.3 Å². The first kappa shape index (κ1) is 20.7. The van der Waals surface area contributed by atoms with Crippen LogP contribution in [0.2, 0.25) is 0 Å². The standard InChI is InChI=1S/C19H21F4N3O/c1-10(13-6-4-5-7-14(13)20)11(2)26(12-8-9-12)19(27)15(18(23)25-3)16(24)17(21)22/h4-7,11-12,17H,1,8-9,24H2,2-3H3. The molecule has 1 aromatic rings. The Morgan fingerprint density at radius 3 is 2.41 bits per heavy atom. The molecule has 1 fully saturated rings. The minimum absolute atomic E-state index is 0.195. The Balaban J connectivity index is 2.44. The van der Waals surface area contributed by atoms with Crippen LogP contribution in [-0.2, 0) is 4.79 Å². The largest absolute Gasteiger partial charge is 0.397 e. The van der Waals surface area contributed by atoms with E-state index in [1.807, 2.05) is 0 Å². The van der Waals surface area contributed by atoms with Crippen LogP contribution in [0.4, 0.5) is 17.6 Å². The first-order valence-corrected chi connectivity index (χ1v) is 8.37. The van der Waals surface area contributed by atoms with E-state index in [9.17, 15) is 22.4 Å². The smallest absolute Gasteiger partial charge is 0.278 e. The van der Waals surface area contributed by atoms with Crippen molar-refractivity contribution in [2.24, 2.45) is 10.7 Å². The van der Waals surface area contributed by atoms with Crippen molar-refractivity contribution in [1.82, 2.24) is 4.90 Å². The van der Waals surface area contributed by atoms with Crippen molar-refractivity contribution in [3.05, 3.63) is 53.5 Å². The predicted molar refractivity (Wildman–Crippen MR) is 96.4 cm³/mol. The van der Waals surface area contributed by atoms with Gasteiger partial charge in [0.15, 0.2) is 0 Å². The molecular weight excluding hydrogens is 362 g/mol. The first-order chi connectivity index (χ1) is 12.7. The van der Waals surface area contributed by atoms with Crippen LogP contribution in [-0.4, -0.2) is 42.3 Å². The number of hydrogen-bond donors (Lipinski definition) is 1. The molecular formula is C19H21F4N3O. The summed E-state index contributed by atoms with van der Waals surface area (Å²) < 4.78 is 54.3. The molecule has 4 nitrogen and oxygen atoms in total. The van der Waals surface area contributed by atoms with E-state index in [0.29, 0.717) is 12.8 Å². The number of rotatable bonds is 7. The first-order valence-electron chi connectivity index (χ1n) is 8.37. The molecule has 2 rings (SSSR count). The topological polar surface area (TPSA) is 58.7 Å². The van der Waals surface area contributed by atoms with Crippen molar-refractivity contribution < 1.29 is 22.4 Å². The van der Waals surface area contributed by atoms with Crippen LogP contribution in [0.15, 0.2) is 47.1 Å². The van der Waals surface area contributed by atoms with E-state index in [-0.39, 0.29) is 17.2 Å². The lowest BCUT2D eigenvalue weighted by molar-refractivity contribution is -0.128. The van der Waals surface area contributed by atoms with E-state index in [1.165, 1.54) is 23.1 Å². The molecule has 27 heavy (non-hydrogen) atoms. The molecule has 8 heteroatoms. The van der Waals surface area contributed by atoms with Gasteiger partial charge in [0.05, 0.1) is 11.7 Å². The van der Waals surface area contributed by atoms with Crippen LogP contribution < -0.4 is 5.73 Å². The number of benzene rings is 1. The molecule has 1 aliphatic carbocycles. The summed E-state index contributed by atoms with van der Waals surface area (Å²) in [5, 5.41) is 0. The zero-order chi connectivity index (χ0) is 20.3. The van der Waals surface area contributed by atoms with Crippen LogP contribution in [0.5, 0.6) is 0 Å². The summed E-state index contributed by atoms with van der Waals surface area (Å²) in [5.41, 5.74) is 3.61. The lowest BCUT2D eigenvalue weighted by atomic mass is 9.98. The van der Waals surface area contributed by atoms with Gasteiger partial charge in [-0.15, -0.1) is 0 Å². The Morgan fingerprint density at radius 2 is 1.93 bits per heavy atom. The predicted octanol–water partition coefficient (Wildman–Crippen LogP) is 3.69. The van der Waals surface area contributed by atoms with E-state index >= 15 is 0 Å². The fourth-order valence-corrected chi connectivity index (χ4v) is 2.81. The second-order valence-corrected chi connectivity index (χ2v) is 6.27. The van der Waals surface area contributed by atoms with Gasteiger partial charge in [0.2, 0.25) is 5.97 Å². The highest BCUT2D eigenvalue weighted by molar-refractivity contribution is 6.19. The molecule has 0 spiro atoms. The van der Waals surface area contributed by atoms with Gasteiger partial charge >= 0.3 is 0 Å². The van der Waals surface area contributed by atoms with Gasteiger partial charge in [-0.25, -0.2) is 13.2 Å². The Bertz CT molecular complexity index is 800. The van der Waals surface area contributed by atoms with E-state index in [0.717, 1.165) is 7.05 Å². The maximum absolute atomic E-state index is 14.1. The van der Waals surface area contributed by atoms with Crippen LogP contribution in [0.3, 0.4) is 0 Å². The number of carbonyl (C=O) groups excluding carboxylic acids is 1. The molecule has 0 radical (unpaired) electrons. The van der Waals surface area contributed by atoms with E-state index < -0.39 is 41.4 Å². The van der Waals surface area contributed by atoms with E-state index in [4.69, 9.17) is 5.73 Å². The average Bonchev–Trinajstić information content (AvgIpc) is 3.46. The monoisotopic (exact) mass is 383 g/mol. The van der Waals surface area contributed by atoms with Crippen molar-refractivity contribution in [2.75, 3.05) is 7.05 Å².